The third kappa shape index (κ3) is 2.79. The van der Waals surface area contributed by atoms with E-state index in [9.17, 15) is 15.0 Å². The van der Waals surface area contributed by atoms with Crippen molar-refractivity contribution in [3.63, 3.8) is 0 Å². The Morgan fingerprint density at radius 3 is 2.62 bits per heavy atom. The molecule has 2 unspecified atom stereocenters. The fourth-order valence-corrected chi connectivity index (χ4v) is 1.39. The maximum absolute atomic E-state index is 11.0. The number of carbonyl (C=O) groups excluding carboxylic acids is 1. The lowest BCUT2D eigenvalue weighted by Crippen LogP contribution is -2.29. The number of aromatic nitrogens is 2. The van der Waals surface area contributed by atoms with Gasteiger partial charge < -0.3 is 14.9 Å². The Balaban J connectivity index is 2.96. The van der Waals surface area contributed by atoms with Crippen LogP contribution in [0.25, 0.3) is 0 Å². The fraction of sp³-hybridized carbons (Fsp3) is 0.375. The first kappa shape index (κ1) is 13.1. The van der Waals surface area contributed by atoms with Gasteiger partial charge in [-0.3, -0.25) is 0 Å². The molecule has 0 aromatic carbocycles. The first-order valence-electron chi connectivity index (χ1n) is 4.09. The molecule has 16 heavy (non-hydrogen) atoms. The number of halogens is 2. The number of methoxy groups -OCH3 is 1. The number of aliphatic hydroxyl groups is 2. The molecule has 2 atom stereocenters. The number of rotatable bonds is 3. The summed E-state index contributed by atoms with van der Waals surface area (Å²) in [4.78, 5) is 18.1. The normalized spacial score (nSPS) is 14.3. The topological polar surface area (TPSA) is 92.5 Å². The molecule has 88 valence electrons. The van der Waals surface area contributed by atoms with E-state index >= 15 is 0 Å². The Morgan fingerprint density at radius 1 is 1.50 bits per heavy atom. The SMILES string of the molecule is COC(=O)C(O)C(O)c1cnc(Cl)nc1Cl. The lowest BCUT2D eigenvalue weighted by Gasteiger charge is -2.16. The summed E-state index contributed by atoms with van der Waals surface area (Å²) in [5, 5.41) is 18.7. The van der Waals surface area contributed by atoms with E-state index in [1.807, 2.05) is 0 Å². The lowest BCUT2D eigenvalue weighted by atomic mass is 10.1. The van der Waals surface area contributed by atoms with Crippen molar-refractivity contribution in [2.75, 3.05) is 7.11 Å². The molecule has 0 radical (unpaired) electrons. The van der Waals surface area contributed by atoms with Crippen molar-refractivity contribution >= 4 is 29.2 Å². The van der Waals surface area contributed by atoms with Crippen molar-refractivity contribution in [2.24, 2.45) is 0 Å². The highest BCUT2D eigenvalue weighted by molar-refractivity contribution is 6.32. The van der Waals surface area contributed by atoms with E-state index in [0.717, 1.165) is 13.3 Å². The Kier molecular flexibility index (Phi) is 4.43. The van der Waals surface area contributed by atoms with Crippen molar-refractivity contribution in [3.8, 4) is 0 Å². The van der Waals surface area contributed by atoms with Crippen LogP contribution in [-0.2, 0) is 9.53 Å². The maximum Gasteiger partial charge on any atom is 0.337 e. The number of hydrogen-bond donors (Lipinski definition) is 2. The molecular formula is C8H8Cl2N2O4. The molecule has 1 aromatic heterocycles. The molecule has 0 aliphatic rings. The highest BCUT2D eigenvalue weighted by Crippen LogP contribution is 2.24. The summed E-state index contributed by atoms with van der Waals surface area (Å²) in [5.41, 5.74) is -0.0102. The van der Waals surface area contributed by atoms with Gasteiger partial charge in [-0.15, -0.1) is 0 Å². The van der Waals surface area contributed by atoms with Crippen LogP contribution in [0.4, 0.5) is 0 Å². The van der Waals surface area contributed by atoms with Gasteiger partial charge in [0.2, 0.25) is 5.28 Å². The zero-order valence-corrected chi connectivity index (χ0v) is 9.61. The number of nitrogens with zero attached hydrogens (tertiary/aromatic N) is 2. The Bertz CT molecular complexity index is 402. The van der Waals surface area contributed by atoms with E-state index in [-0.39, 0.29) is 16.0 Å². The molecule has 2 N–H and O–H groups in total. The number of ether oxygens (including phenoxy) is 1. The van der Waals surface area contributed by atoms with Crippen LogP contribution in [0.15, 0.2) is 6.20 Å². The summed E-state index contributed by atoms with van der Waals surface area (Å²) in [5.74, 6) is -0.987. The first-order valence-corrected chi connectivity index (χ1v) is 4.85. The number of aliphatic hydroxyl groups excluding tert-OH is 2. The first-order chi connectivity index (χ1) is 7.47. The van der Waals surface area contributed by atoms with Crippen molar-refractivity contribution in [1.82, 2.24) is 9.97 Å². The molecule has 0 aliphatic heterocycles. The molecule has 0 bridgehead atoms. The van der Waals surface area contributed by atoms with Crippen molar-refractivity contribution < 1.29 is 19.7 Å². The second-order valence-electron chi connectivity index (χ2n) is 2.80. The fourth-order valence-electron chi connectivity index (χ4n) is 0.969. The second-order valence-corrected chi connectivity index (χ2v) is 3.49. The highest BCUT2D eigenvalue weighted by Gasteiger charge is 2.28. The third-order valence-corrected chi connectivity index (χ3v) is 2.28. The van der Waals surface area contributed by atoms with Gasteiger partial charge in [0.15, 0.2) is 6.10 Å². The summed E-state index contributed by atoms with van der Waals surface area (Å²) in [6.45, 7) is 0. The Labute approximate surface area is 101 Å². The summed E-state index contributed by atoms with van der Waals surface area (Å²) in [7, 11) is 1.08. The van der Waals surface area contributed by atoms with E-state index in [4.69, 9.17) is 23.2 Å². The smallest absolute Gasteiger partial charge is 0.337 e. The summed E-state index contributed by atoms with van der Waals surface area (Å²) in [6, 6.07) is 0. The number of esters is 1. The van der Waals surface area contributed by atoms with Crippen LogP contribution in [0.2, 0.25) is 10.4 Å². The minimum Gasteiger partial charge on any atom is -0.467 e. The highest BCUT2D eigenvalue weighted by atomic mass is 35.5. The average Bonchev–Trinajstić information content (AvgIpc) is 2.26. The molecule has 0 aliphatic carbocycles. The van der Waals surface area contributed by atoms with E-state index in [0.29, 0.717) is 0 Å². The summed E-state index contributed by atoms with van der Waals surface area (Å²) < 4.78 is 4.26. The van der Waals surface area contributed by atoms with E-state index in [2.05, 4.69) is 14.7 Å². The average molecular weight is 267 g/mol. The van der Waals surface area contributed by atoms with Gasteiger partial charge in [0.05, 0.1) is 7.11 Å². The van der Waals surface area contributed by atoms with E-state index in [1.54, 1.807) is 0 Å². The van der Waals surface area contributed by atoms with Crippen molar-refractivity contribution in [2.45, 2.75) is 12.2 Å². The third-order valence-electron chi connectivity index (χ3n) is 1.80. The summed E-state index contributed by atoms with van der Waals surface area (Å²) >= 11 is 11.1. The van der Waals surface area contributed by atoms with E-state index < -0.39 is 18.2 Å². The minimum absolute atomic E-state index is 0.0102. The largest absolute Gasteiger partial charge is 0.467 e. The van der Waals surface area contributed by atoms with Crippen molar-refractivity contribution in [1.29, 1.82) is 0 Å². The molecule has 0 fully saturated rings. The van der Waals surface area contributed by atoms with Crippen molar-refractivity contribution in [3.05, 3.63) is 22.2 Å². The van der Waals surface area contributed by atoms with Gasteiger partial charge in [-0.05, 0) is 11.6 Å². The molecule has 1 rings (SSSR count). The molecule has 1 aromatic rings. The molecule has 0 saturated carbocycles. The van der Waals surface area contributed by atoms with Gasteiger partial charge >= 0.3 is 5.97 Å². The van der Waals surface area contributed by atoms with Crippen LogP contribution < -0.4 is 0 Å². The predicted molar refractivity (Wildman–Crippen MR) is 55.0 cm³/mol. The number of carbonyl (C=O) groups is 1. The maximum atomic E-state index is 11.0. The lowest BCUT2D eigenvalue weighted by molar-refractivity contribution is -0.156. The molecule has 8 heteroatoms. The van der Waals surface area contributed by atoms with Crippen LogP contribution in [0, 0.1) is 0 Å². The Hall–Kier alpha value is -0.950. The van der Waals surface area contributed by atoms with Gasteiger partial charge in [0.1, 0.15) is 11.3 Å². The van der Waals surface area contributed by atoms with Crippen LogP contribution in [0.3, 0.4) is 0 Å². The summed E-state index contributed by atoms with van der Waals surface area (Å²) in [6.07, 6.45) is -2.21. The zero-order chi connectivity index (χ0) is 12.3. The molecule has 1 heterocycles. The van der Waals surface area contributed by atoms with Gasteiger partial charge in [-0.25, -0.2) is 14.8 Å². The molecular weight excluding hydrogens is 259 g/mol. The van der Waals surface area contributed by atoms with E-state index in [1.165, 1.54) is 0 Å². The Morgan fingerprint density at radius 2 is 2.12 bits per heavy atom. The molecule has 0 spiro atoms. The van der Waals surface area contributed by atoms with Gasteiger partial charge in [0, 0.05) is 11.8 Å². The monoisotopic (exact) mass is 266 g/mol. The van der Waals surface area contributed by atoms with Crippen LogP contribution in [-0.4, -0.2) is 39.4 Å². The number of hydrogen-bond acceptors (Lipinski definition) is 6. The molecule has 6 nitrogen and oxygen atoms in total. The standard InChI is InChI=1S/C8H8Cl2N2O4/c1-16-7(15)5(14)4(13)3-2-11-8(10)12-6(3)9/h2,4-5,13-14H,1H3. The van der Waals surface area contributed by atoms with Gasteiger partial charge in [-0.2, -0.15) is 0 Å². The van der Waals surface area contributed by atoms with Crippen LogP contribution in [0.5, 0.6) is 0 Å². The quantitative estimate of drug-likeness (QED) is 0.466. The van der Waals surface area contributed by atoms with Gasteiger partial charge in [-0.1, -0.05) is 11.6 Å². The predicted octanol–water partition coefficient (Wildman–Crippen LogP) is 0.351. The molecule has 0 amide bonds. The second kappa shape index (κ2) is 5.40. The molecule has 0 saturated heterocycles. The van der Waals surface area contributed by atoms with Crippen LogP contribution in [0.1, 0.15) is 11.7 Å². The minimum atomic E-state index is -1.76. The zero-order valence-electron chi connectivity index (χ0n) is 8.09. The van der Waals surface area contributed by atoms with Gasteiger partial charge in [0.25, 0.3) is 0 Å². The van der Waals surface area contributed by atoms with Crippen LogP contribution >= 0.6 is 23.2 Å².